The van der Waals surface area contributed by atoms with E-state index in [1.807, 2.05) is 0 Å². The molecule has 2 fully saturated rings. The Hall–Kier alpha value is -2.33. The van der Waals surface area contributed by atoms with Gasteiger partial charge in [-0.2, -0.15) is 0 Å². The summed E-state index contributed by atoms with van der Waals surface area (Å²) in [4.78, 5) is 12.6. The lowest BCUT2D eigenvalue weighted by molar-refractivity contribution is 0.107. The van der Waals surface area contributed by atoms with E-state index in [0.717, 1.165) is 25.7 Å². The van der Waals surface area contributed by atoms with Crippen molar-refractivity contribution in [1.29, 1.82) is 0 Å². The van der Waals surface area contributed by atoms with E-state index in [-0.39, 0.29) is 24.7 Å². The van der Waals surface area contributed by atoms with Crippen LogP contribution in [0.3, 0.4) is 0 Å². The molecule has 3 aliphatic carbocycles. The van der Waals surface area contributed by atoms with Gasteiger partial charge in [0, 0.05) is 18.6 Å². The molecule has 2 N–H and O–H groups in total. The molecule has 146 valence electrons. The molecule has 2 bridgehead atoms. The molecule has 2 aromatic carbocycles. The molecule has 2 aromatic rings. The van der Waals surface area contributed by atoms with Gasteiger partial charge in [-0.25, -0.2) is 4.79 Å². The standard InChI is InChI=1S/C24H27NO3/c26-13-15-11-16-9-10-17(12-15)23(16)25-24(27)28-14-22-20-7-3-1-5-18(20)19-6-2-4-8-21(19)22/h1-8,15-17,22-23,26H,9-14H2,(H,25,27)/t15?,16-,17+,23?. The average molecular weight is 377 g/mol. The number of benzene rings is 2. The Morgan fingerprint density at radius 3 is 2.11 bits per heavy atom. The van der Waals surface area contributed by atoms with E-state index in [4.69, 9.17) is 4.74 Å². The molecular formula is C24H27NO3. The number of carbonyl (C=O) groups excluding carboxylic acids is 1. The number of alkyl carbamates (subject to hydrolysis) is 1. The highest BCUT2D eigenvalue weighted by molar-refractivity contribution is 5.79. The number of ether oxygens (including phenoxy) is 1. The van der Waals surface area contributed by atoms with Gasteiger partial charge in [-0.15, -0.1) is 0 Å². The highest BCUT2D eigenvalue weighted by atomic mass is 16.5. The molecule has 0 aliphatic heterocycles. The Bertz CT molecular complexity index is 820. The van der Waals surface area contributed by atoms with Gasteiger partial charge in [0.1, 0.15) is 6.61 Å². The molecule has 5 rings (SSSR count). The predicted octanol–water partition coefficient (Wildman–Crippen LogP) is 4.32. The summed E-state index contributed by atoms with van der Waals surface area (Å²) < 4.78 is 5.72. The number of aliphatic hydroxyl groups excluding tert-OH is 1. The topological polar surface area (TPSA) is 58.6 Å². The van der Waals surface area contributed by atoms with Crippen LogP contribution in [0.25, 0.3) is 11.1 Å². The number of hydrogen-bond donors (Lipinski definition) is 2. The third kappa shape index (κ3) is 3.00. The van der Waals surface area contributed by atoms with E-state index >= 15 is 0 Å². The average Bonchev–Trinajstić information content (AvgIpc) is 3.15. The Kier molecular flexibility index (Phi) is 4.59. The summed E-state index contributed by atoms with van der Waals surface area (Å²) in [6.45, 7) is 0.631. The quantitative estimate of drug-likeness (QED) is 0.834. The zero-order valence-corrected chi connectivity index (χ0v) is 16.0. The van der Waals surface area contributed by atoms with Crippen molar-refractivity contribution in [1.82, 2.24) is 5.32 Å². The van der Waals surface area contributed by atoms with E-state index in [0.29, 0.717) is 24.4 Å². The largest absolute Gasteiger partial charge is 0.449 e. The van der Waals surface area contributed by atoms with Gasteiger partial charge in [0.15, 0.2) is 0 Å². The first kappa shape index (κ1) is 17.7. The molecule has 1 amide bonds. The zero-order chi connectivity index (χ0) is 19.1. The predicted molar refractivity (Wildman–Crippen MR) is 108 cm³/mol. The molecule has 0 heterocycles. The maximum absolute atomic E-state index is 12.6. The van der Waals surface area contributed by atoms with E-state index < -0.39 is 0 Å². The van der Waals surface area contributed by atoms with E-state index in [1.54, 1.807) is 0 Å². The Morgan fingerprint density at radius 1 is 0.964 bits per heavy atom. The van der Waals surface area contributed by atoms with Gasteiger partial charge < -0.3 is 15.2 Å². The van der Waals surface area contributed by atoms with Crippen molar-refractivity contribution in [2.75, 3.05) is 13.2 Å². The summed E-state index contributed by atoms with van der Waals surface area (Å²) in [5, 5.41) is 12.6. The van der Waals surface area contributed by atoms with Crippen LogP contribution in [0.1, 0.15) is 42.7 Å². The molecule has 0 aromatic heterocycles. The van der Waals surface area contributed by atoms with Crippen molar-refractivity contribution in [3.05, 3.63) is 59.7 Å². The molecule has 4 atom stereocenters. The van der Waals surface area contributed by atoms with Crippen LogP contribution in [0.5, 0.6) is 0 Å². The number of aliphatic hydroxyl groups is 1. The van der Waals surface area contributed by atoms with Gasteiger partial charge >= 0.3 is 6.09 Å². The van der Waals surface area contributed by atoms with Crippen molar-refractivity contribution >= 4 is 6.09 Å². The van der Waals surface area contributed by atoms with Crippen LogP contribution in [-0.4, -0.2) is 30.5 Å². The summed E-state index contributed by atoms with van der Waals surface area (Å²) in [7, 11) is 0. The first-order valence-corrected chi connectivity index (χ1v) is 10.5. The Morgan fingerprint density at radius 2 is 1.54 bits per heavy atom. The van der Waals surface area contributed by atoms with Crippen LogP contribution in [0.15, 0.2) is 48.5 Å². The van der Waals surface area contributed by atoms with Crippen LogP contribution in [-0.2, 0) is 4.74 Å². The minimum absolute atomic E-state index is 0.0972. The van der Waals surface area contributed by atoms with Gasteiger partial charge in [-0.1, -0.05) is 48.5 Å². The van der Waals surface area contributed by atoms with Gasteiger partial charge in [0.05, 0.1) is 0 Å². The Labute approximate surface area is 165 Å². The molecular weight excluding hydrogens is 350 g/mol. The third-order valence-electron chi connectivity index (χ3n) is 7.08. The van der Waals surface area contributed by atoms with Crippen molar-refractivity contribution in [2.24, 2.45) is 17.8 Å². The number of rotatable bonds is 4. The van der Waals surface area contributed by atoms with E-state index in [2.05, 4.69) is 53.8 Å². The second-order valence-electron chi connectivity index (χ2n) is 8.61. The second kappa shape index (κ2) is 7.25. The van der Waals surface area contributed by atoms with Gasteiger partial charge in [0.25, 0.3) is 0 Å². The summed E-state index contributed by atoms with van der Waals surface area (Å²) in [5.74, 6) is 1.46. The first-order chi connectivity index (χ1) is 13.7. The van der Waals surface area contributed by atoms with E-state index in [9.17, 15) is 9.90 Å². The van der Waals surface area contributed by atoms with Crippen molar-refractivity contribution in [3.8, 4) is 11.1 Å². The fourth-order valence-corrected chi connectivity index (χ4v) is 5.81. The summed E-state index contributed by atoms with van der Waals surface area (Å²) in [6.07, 6.45) is 4.03. The van der Waals surface area contributed by atoms with Crippen LogP contribution in [0, 0.1) is 17.8 Å². The molecule has 0 saturated heterocycles. The summed E-state index contributed by atoms with van der Waals surface area (Å²) >= 11 is 0. The lowest BCUT2D eigenvalue weighted by Gasteiger charge is -2.34. The lowest BCUT2D eigenvalue weighted by atomic mass is 9.78. The molecule has 0 spiro atoms. The summed E-state index contributed by atoms with van der Waals surface area (Å²) in [5.41, 5.74) is 4.96. The molecule has 2 unspecified atom stereocenters. The minimum atomic E-state index is -0.300. The SMILES string of the molecule is O=C(NC1[C@@H]2CC[C@H]1CC(CO)C2)OCC1c2ccccc2-c2ccccc21. The normalized spacial score (nSPS) is 27.9. The van der Waals surface area contributed by atoms with Crippen LogP contribution in [0.2, 0.25) is 0 Å². The van der Waals surface area contributed by atoms with Gasteiger partial charge in [0.2, 0.25) is 0 Å². The maximum Gasteiger partial charge on any atom is 0.407 e. The van der Waals surface area contributed by atoms with Crippen LogP contribution < -0.4 is 5.32 Å². The molecule has 4 heteroatoms. The fourth-order valence-electron chi connectivity index (χ4n) is 5.81. The second-order valence-corrected chi connectivity index (χ2v) is 8.61. The Balaban J connectivity index is 1.25. The van der Waals surface area contributed by atoms with Crippen LogP contribution >= 0.6 is 0 Å². The van der Waals surface area contributed by atoms with Crippen molar-refractivity contribution < 1.29 is 14.6 Å². The van der Waals surface area contributed by atoms with E-state index in [1.165, 1.54) is 22.3 Å². The molecule has 4 nitrogen and oxygen atoms in total. The third-order valence-corrected chi connectivity index (χ3v) is 7.08. The highest BCUT2D eigenvalue weighted by Gasteiger charge is 2.43. The zero-order valence-electron chi connectivity index (χ0n) is 16.0. The minimum Gasteiger partial charge on any atom is -0.449 e. The molecule has 0 radical (unpaired) electrons. The summed E-state index contributed by atoms with van der Waals surface area (Å²) in [6, 6.07) is 17.0. The monoisotopic (exact) mass is 377 g/mol. The first-order valence-electron chi connectivity index (χ1n) is 10.5. The van der Waals surface area contributed by atoms with Crippen LogP contribution in [0.4, 0.5) is 4.79 Å². The number of amides is 1. The molecule has 2 saturated carbocycles. The van der Waals surface area contributed by atoms with Gasteiger partial charge in [-0.05, 0) is 65.7 Å². The van der Waals surface area contributed by atoms with Crippen molar-refractivity contribution in [2.45, 2.75) is 37.6 Å². The van der Waals surface area contributed by atoms with Gasteiger partial charge in [-0.3, -0.25) is 0 Å². The maximum atomic E-state index is 12.6. The number of nitrogens with one attached hydrogen (secondary N) is 1. The number of carbonyl (C=O) groups is 1. The lowest BCUT2D eigenvalue weighted by Crippen LogP contribution is -2.46. The molecule has 28 heavy (non-hydrogen) atoms. The number of fused-ring (bicyclic) bond motifs is 5. The number of hydrogen-bond acceptors (Lipinski definition) is 3. The highest BCUT2D eigenvalue weighted by Crippen LogP contribution is 2.46. The fraction of sp³-hybridized carbons (Fsp3) is 0.458. The smallest absolute Gasteiger partial charge is 0.407 e. The van der Waals surface area contributed by atoms with Crippen molar-refractivity contribution in [3.63, 3.8) is 0 Å². The molecule has 3 aliphatic rings.